The highest BCUT2D eigenvalue weighted by molar-refractivity contribution is 5.74. The number of piperidine rings is 1. The molecule has 5 nitrogen and oxygen atoms in total. The molecule has 1 N–H and O–H groups in total. The first-order chi connectivity index (χ1) is 10.3. The van der Waals surface area contributed by atoms with Gasteiger partial charge in [-0.25, -0.2) is 4.79 Å². The van der Waals surface area contributed by atoms with Crippen molar-refractivity contribution in [2.24, 2.45) is 0 Å². The van der Waals surface area contributed by atoms with E-state index >= 15 is 0 Å². The summed E-state index contributed by atoms with van der Waals surface area (Å²) >= 11 is 0. The smallest absolute Gasteiger partial charge is 0.317 e. The molecule has 1 aliphatic heterocycles. The minimum atomic E-state index is 0.0219. The lowest BCUT2D eigenvalue weighted by Gasteiger charge is -2.26. The Bertz CT molecular complexity index is 572. The average molecular weight is 285 g/mol. The van der Waals surface area contributed by atoms with E-state index in [0.717, 1.165) is 42.8 Å². The van der Waals surface area contributed by atoms with Gasteiger partial charge in [0, 0.05) is 31.4 Å². The first-order valence-corrected chi connectivity index (χ1v) is 7.33. The average Bonchev–Trinajstić information content (AvgIpc) is 3.08. The van der Waals surface area contributed by atoms with E-state index in [1.807, 2.05) is 23.1 Å². The summed E-state index contributed by atoms with van der Waals surface area (Å²) in [6.45, 7) is 2.24. The highest BCUT2D eigenvalue weighted by Gasteiger charge is 2.15. The summed E-state index contributed by atoms with van der Waals surface area (Å²) in [5.74, 6) is 0. The number of likely N-dealkylation sites (tertiary alicyclic amines) is 1. The van der Waals surface area contributed by atoms with Crippen molar-refractivity contribution < 1.29 is 9.21 Å². The van der Waals surface area contributed by atoms with Crippen molar-refractivity contribution in [3.05, 3.63) is 42.5 Å². The van der Waals surface area contributed by atoms with Gasteiger partial charge in [0.1, 0.15) is 0 Å². The third-order valence-electron chi connectivity index (χ3n) is 3.73. The number of amides is 2. The lowest BCUT2D eigenvalue weighted by molar-refractivity contribution is 0.186. The lowest BCUT2D eigenvalue weighted by atomic mass is 10.1. The van der Waals surface area contributed by atoms with Crippen LogP contribution in [0, 0.1) is 0 Å². The van der Waals surface area contributed by atoms with E-state index < -0.39 is 0 Å². The number of hydrogen-bond donors (Lipinski definition) is 1. The molecule has 2 aromatic heterocycles. The Morgan fingerprint density at radius 2 is 2.10 bits per heavy atom. The Morgan fingerprint density at radius 3 is 2.76 bits per heavy atom. The molecule has 0 unspecified atom stereocenters. The van der Waals surface area contributed by atoms with Gasteiger partial charge >= 0.3 is 6.03 Å². The fourth-order valence-electron chi connectivity index (χ4n) is 2.50. The zero-order chi connectivity index (χ0) is 14.5. The number of rotatable bonds is 3. The van der Waals surface area contributed by atoms with E-state index in [1.54, 1.807) is 18.7 Å². The maximum absolute atomic E-state index is 12.0. The normalized spacial score (nSPS) is 15.0. The van der Waals surface area contributed by atoms with Crippen LogP contribution in [0.15, 0.2) is 41.3 Å². The molecule has 0 aliphatic carbocycles. The molecule has 5 heteroatoms. The number of carbonyl (C=O) groups excluding carboxylic acids is 1. The van der Waals surface area contributed by atoms with Gasteiger partial charge < -0.3 is 14.6 Å². The summed E-state index contributed by atoms with van der Waals surface area (Å²) in [6.07, 6.45) is 8.52. The summed E-state index contributed by atoms with van der Waals surface area (Å²) in [5.41, 5.74) is 2.82. The predicted octanol–water partition coefficient (Wildman–Crippen LogP) is 3.04. The number of nitrogens with one attached hydrogen (secondary N) is 1. The molecule has 1 fully saturated rings. The molecule has 0 bridgehead atoms. The van der Waals surface area contributed by atoms with Gasteiger partial charge in [0.05, 0.1) is 18.2 Å². The zero-order valence-corrected chi connectivity index (χ0v) is 11.9. The van der Waals surface area contributed by atoms with Crippen LogP contribution in [0.4, 0.5) is 4.79 Å². The predicted molar refractivity (Wildman–Crippen MR) is 79.6 cm³/mol. The Kier molecular flexibility index (Phi) is 4.19. The molecule has 21 heavy (non-hydrogen) atoms. The van der Waals surface area contributed by atoms with Crippen molar-refractivity contribution >= 4 is 6.03 Å². The highest BCUT2D eigenvalue weighted by Crippen LogP contribution is 2.17. The summed E-state index contributed by atoms with van der Waals surface area (Å²) in [6, 6.07) is 5.81. The molecular formula is C16H19N3O2. The van der Waals surface area contributed by atoms with E-state index in [2.05, 4.69) is 10.3 Å². The van der Waals surface area contributed by atoms with Crippen LogP contribution >= 0.6 is 0 Å². The number of carbonyl (C=O) groups is 1. The van der Waals surface area contributed by atoms with Gasteiger partial charge in [0.15, 0.2) is 0 Å². The van der Waals surface area contributed by atoms with Gasteiger partial charge in [0.25, 0.3) is 0 Å². The van der Waals surface area contributed by atoms with E-state index in [-0.39, 0.29) is 6.03 Å². The van der Waals surface area contributed by atoms with E-state index in [1.165, 1.54) is 6.42 Å². The summed E-state index contributed by atoms with van der Waals surface area (Å²) < 4.78 is 5.04. The third-order valence-corrected chi connectivity index (χ3v) is 3.73. The van der Waals surface area contributed by atoms with Crippen molar-refractivity contribution in [2.75, 3.05) is 13.1 Å². The Morgan fingerprint density at radius 1 is 1.24 bits per heavy atom. The van der Waals surface area contributed by atoms with Crippen LogP contribution in [0.2, 0.25) is 0 Å². The van der Waals surface area contributed by atoms with Crippen molar-refractivity contribution in [1.29, 1.82) is 0 Å². The summed E-state index contributed by atoms with van der Waals surface area (Å²) in [5, 5.41) is 2.95. The van der Waals surface area contributed by atoms with Gasteiger partial charge in [-0.3, -0.25) is 4.98 Å². The number of furan rings is 1. The van der Waals surface area contributed by atoms with Crippen molar-refractivity contribution in [3.63, 3.8) is 0 Å². The minimum Gasteiger partial charge on any atom is -0.472 e. The van der Waals surface area contributed by atoms with Crippen molar-refractivity contribution in [1.82, 2.24) is 15.2 Å². The summed E-state index contributed by atoms with van der Waals surface area (Å²) in [7, 11) is 0. The molecule has 3 rings (SSSR count). The van der Waals surface area contributed by atoms with Crippen molar-refractivity contribution in [3.8, 4) is 11.3 Å². The van der Waals surface area contributed by atoms with Crippen molar-refractivity contribution in [2.45, 2.75) is 25.8 Å². The Labute approximate surface area is 124 Å². The van der Waals surface area contributed by atoms with Crippen LogP contribution in [0.25, 0.3) is 11.3 Å². The molecule has 1 aliphatic rings. The highest BCUT2D eigenvalue weighted by atomic mass is 16.3. The molecule has 2 amide bonds. The topological polar surface area (TPSA) is 58.4 Å². The molecule has 0 saturated carbocycles. The maximum atomic E-state index is 12.0. The largest absolute Gasteiger partial charge is 0.472 e. The number of hydrogen-bond acceptors (Lipinski definition) is 3. The molecular weight excluding hydrogens is 266 g/mol. The molecule has 2 aromatic rings. The standard InChI is InChI=1S/C16H19N3O2/c20-16(19-7-2-1-3-8-19)18-11-13-4-5-15(17-10-13)14-6-9-21-12-14/h4-6,9-10,12H,1-3,7-8,11H2,(H,18,20). The molecule has 1 saturated heterocycles. The van der Waals surface area contributed by atoms with E-state index in [0.29, 0.717) is 6.54 Å². The number of aromatic nitrogens is 1. The molecule has 3 heterocycles. The fourth-order valence-corrected chi connectivity index (χ4v) is 2.50. The van der Waals surface area contributed by atoms with Gasteiger partial charge in [-0.15, -0.1) is 0 Å². The van der Waals surface area contributed by atoms with E-state index in [9.17, 15) is 4.79 Å². The molecule has 0 spiro atoms. The van der Waals surface area contributed by atoms with Crippen LogP contribution in [0.5, 0.6) is 0 Å². The van der Waals surface area contributed by atoms with Crippen LogP contribution in [-0.2, 0) is 6.54 Å². The van der Waals surface area contributed by atoms with Crippen LogP contribution < -0.4 is 5.32 Å². The molecule has 0 radical (unpaired) electrons. The lowest BCUT2D eigenvalue weighted by Crippen LogP contribution is -2.42. The fraction of sp³-hybridized carbons (Fsp3) is 0.375. The third kappa shape index (κ3) is 3.42. The SMILES string of the molecule is O=C(NCc1ccc(-c2ccoc2)nc1)N1CCCCC1. The second-order valence-electron chi connectivity index (χ2n) is 5.27. The number of urea groups is 1. The van der Waals surface area contributed by atoms with Gasteiger partial charge in [-0.1, -0.05) is 6.07 Å². The van der Waals surface area contributed by atoms with Gasteiger partial charge in [-0.2, -0.15) is 0 Å². The maximum Gasteiger partial charge on any atom is 0.317 e. The number of pyridine rings is 1. The first kappa shape index (κ1) is 13.7. The first-order valence-electron chi connectivity index (χ1n) is 7.33. The monoisotopic (exact) mass is 285 g/mol. The second-order valence-corrected chi connectivity index (χ2v) is 5.27. The van der Waals surface area contributed by atoms with Crippen LogP contribution in [0.1, 0.15) is 24.8 Å². The second kappa shape index (κ2) is 6.43. The quantitative estimate of drug-likeness (QED) is 0.943. The summed E-state index contributed by atoms with van der Waals surface area (Å²) in [4.78, 5) is 18.3. The Hall–Kier alpha value is -2.30. The minimum absolute atomic E-state index is 0.0219. The van der Waals surface area contributed by atoms with Crippen LogP contribution in [-0.4, -0.2) is 29.0 Å². The molecule has 0 atom stereocenters. The molecule has 0 aromatic carbocycles. The van der Waals surface area contributed by atoms with E-state index in [4.69, 9.17) is 4.42 Å². The molecule has 110 valence electrons. The zero-order valence-electron chi connectivity index (χ0n) is 11.9. The Balaban J connectivity index is 1.54. The number of nitrogens with zero attached hydrogens (tertiary/aromatic N) is 2. The van der Waals surface area contributed by atoms with Crippen LogP contribution in [0.3, 0.4) is 0 Å². The van der Waals surface area contributed by atoms with Gasteiger partial charge in [-0.05, 0) is 37.0 Å². The van der Waals surface area contributed by atoms with Gasteiger partial charge in [0.2, 0.25) is 0 Å².